The Morgan fingerprint density at radius 1 is 1.00 bits per heavy atom. The van der Waals surface area contributed by atoms with Crippen LogP contribution in [0.5, 0.6) is 0 Å². The van der Waals surface area contributed by atoms with Crippen LogP contribution in [0.25, 0.3) is 0 Å². The van der Waals surface area contributed by atoms with Gasteiger partial charge in [0.25, 0.3) is 0 Å². The molecule has 4 nitrogen and oxygen atoms in total. The Morgan fingerprint density at radius 2 is 1.74 bits per heavy atom. The monoisotopic (exact) mass is 440 g/mol. The van der Waals surface area contributed by atoms with Crippen molar-refractivity contribution in [1.82, 2.24) is 0 Å². The predicted molar refractivity (Wildman–Crippen MR) is 94.8 cm³/mol. The highest BCUT2D eigenvalue weighted by atomic mass is 79.9. The van der Waals surface area contributed by atoms with E-state index in [1.165, 1.54) is 12.1 Å². The zero-order valence-electron chi connectivity index (χ0n) is 12.1. The van der Waals surface area contributed by atoms with Crippen molar-refractivity contribution in [1.29, 1.82) is 0 Å². The van der Waals surface area contributed by atoms with Gasteiger partial charge in [0.2, 0.25) is 0 Å². The number of carbonyl (C=O) groups is 2. The van der Waals surface area contributed by atoms with Gasteiger partial charge in [0.15, 0.2) is 0 Å². The number of hydrogen-bond donors (Lipinski definition) is 2. The Balaban J connectivity index is 2.46. The Bertz CT molecular complexity index is 756. The first-order valence-electron chi connectivity index (χ1n) is 6.85. The maximum Gasteiger partial charge on any atom is 0.336 e. The molecule has 2 rings (SSSR count). The van der Waals surface area contributed by atoms with E-state index in [1.54, 1.807) is 6.07 Å². The summed E-state index contributed by atoms with van der Waals surface area (Å²) in [5.74, 6) is -2.26. The molecule has 2 N–H and O–H groups in total. The zero-order chi connectivity index (χ0) is 17.0. The molecule has 0 aliphatic heterocycles. The molecule has 0 heterocycles. The van der Waals surface area contributed by atoms with Gasteiger partial charge >= 0.3 is 11.9 Å². The standard InChI is InChI=1S/C17H14Br2O4/c18-7-6-13-10(2-1-3-15(13)19)8-11-4-5-12(16(20)21)9-14(11)17(22)23/h1-5,9H,6-8H2,(H,20,21)(H,22,23). The molecule has 2 aromatic carbocycles. The smallest absolute Gasteiger partial charge is 0.336 e. The summed E-state index contributed by atoms with van der Waals surface area (Å²) in [5, 5.41) is 19.2. The van der Waals surface area contributed by atoms with Gasteiger partial charge in [-0.25, -0.2) is 9.59 Å². The summed E-state index contributed by atoms with van der Waals surface area (Å²) in [7, 11) is 0. The number of benzene rings is 2. The molecule has 23 heavy (non-hydrogen) atoms. The summed E-state index contributed by atoms with van der Waals surface area (Å²) in [6.07, 6.45) is 1.25. The van der Waals surface area contributed by atoms with Crippen molar-refractivity contribution >= 4 is 43.8 Å². The van der Waals surface area contributed by atoms with E-state index >= 15 is 0 Å². The molecule has 0 radical (unpaired) electrons. The van der Waals surface area contributed by atoms with Crippen LogP contribution in [0, 0.1) is 0 Å². The quantitative estimate of drug-likeness (QED) is 0.652. The lowest BCUT2D eigenvalue weighted by Gasteiger charge is -2.13. The minimum atomic E-state index is -1.14. The van der Waals surface area contributed by atoms with Crippen LogP contribution in [0.2, 0.25) is 0 Å². The maximum absolute atomic E-state index is 11.5. The van der Waals surface area contributed by atoms with Crippen molar-refractivity contribution in [3.8, 4) is 0 Å². The molecular weight excluding hydrogens is 428 g/mol. The lowest BCUT2D eigenvalue weighted by Crippen LogP contribution is -2.08. The second kappa shape index (κ2) is 7.75. The summed E-state index contributed by atoms with van der Waals surface area (Å²) in [5.41, 5.74) is 2.72. The Kier molecular flexibility index (Phi) is 5.96. The lowest BCUT2D eigenvalue weighted by molar-refractivity contribution is 0.0695. The molecule has 0 saturated heterocycles. The van der Waals surface area contributed by atoms with Crippen LogP contribution in [0.3, 0.4) is 0 Å². The topological polar surface area (TPSA) is 74.6 Å². The third-order valence-electron chi connectivity index (χ3n) is 3.53. The van der Waals surface area contributed by atoms with Gasteiger partial charge in [-0.1, -0.05) is 50.1 Å². The zero-order valence-corrected chi connectivity index (χ0v) is 15.2. The first kappa shape index (κ1) is 17.7. The van der Waals surface area contributed by atoms with Crippen LogP contribution in [-0.2, 0) is 12.8 Å². The van der Waals surface area contributed by atoms with Crippen molar-refractivity contribution in [3.63, 3.8) is 0 Å². The number of aromatic carboxylic acids is 2. The van der Waals surface area contributed by atoms with Gasteiger partial charge in [-0.2, -0.15) is 0 Å². The molecule has 2 aromatic rings. The van der Waals surface area contributed by atoms with E-state index in [9.17, 15) is 14.7 Å². The van der Waals surface area contributed by atoms with Gasteiger partial charge in [-0.3, -0.25) is 0 Å². The fraction of sp³-hybridized carbons (Fsp3) is 0.176. The highest BCUT2D eigenvalue weighted by Gasteiger charge is 2.16. The number of hydrogen-bond acceptors (Lipinski definition) is 2. The van der Waals surface area contributed by atoms with Gasteiger partial charge < -0.3 is 10.2 Å². The summed E-state index contributed by atoms with van der Waals surface area (Å²) in [6.45, 7) is 0. The van der Waals surface area contributed by atoms with E-state index < -0.39 is 11.9 Å². The molecule has 0 aliphatic carbocycles. The molecule has 6 heteroatoms. The average Bonchev–Trinajstić information content (AvgIpc) is 2.50. The molecule has 0 saturated carbocycles. The highest BCUT2D eigenvalue weighted by Crippen LogP contribution is 2.25. The Hall–Kier alpha value is -1.66. The van der Waals surface area contributed by atoms with Crippen LogP contribution in [-0.4, -0.2) is 27.5 Å². The normalized spacial score (nSPS) is 10.5. The first-order valence-corrected chi connectivity index (χ1v) is 8.77. The number of rotatable bonds is 6. The third kappa shape index (κ3) is 4.20. The van der Waals surface area contributed by atoms with E-state index in [0.717, 1.165) is 27.4 Å². The van der Waals surface area contributed by atoms with Crippen LogP contribution in [0.4, 0.5) is 0 Å². The van der Waals surface area contributed by atoms with Gasteiger partial charge in [-0.15, -0.1) is 0 Å². The van der Waals surface area contributed by atoms with E-state index in [1.807, 2.05) is 18.2 Å². The van der Waals surface area contributed by atoms with Crippen LogP contribution in [0.1, 0.15) is 37.4 Å². The van der Waals surface area contributed by atoms with Gasteiger partial charge in [0, 0.05) is 9.80 Å². The largest absolute Gasteiger partial charge is 0.478 e. The minimum Gasteiger partial charge on any atom is -0.478 e. The number of carboxylic acid groups (broad SMARTS) is 2. The Labute approximate surface area is 150 Å². The molecule has 0 unspecified atom stereocenters. The molecule has 0 aromatic heterocycles. The molecule has 0 spiro atoms. The van der Waals surface area contributed by atoms with Gasteiger partial charge in [-0.05, 0) is 47.7 Å². The molecule has 0 bridgehead atoms. The molecule has 0 fully saturated rings. The number of halogens is 2. The average molecular weight is 442 g/mol. The SMILES string of the molecule is O=C(O)c1ccc(Cc2cccc(Br)c2CCBr)c(C(=O)O)c1. The molecule has 0 amide bonds. The van der Waals surface area contributed by atoms with Crippen LogP contribution >= 0.6 is 31.9 Å². The number of alkyl halides is 1. The molecule has 0 atom stereocenters. The molecular formula is C17H14Br2O4. The van der Waals surface area contributed by atoms with Crippen molar-refractivity contribution in [2.45, 2.75) is 12.8 Å². The minimum absolute atomic E-state index is 0.0228. The van der Waals surface area contributed by atoms with E-state index in [0.29, 0.717) is 12.0 Å². The summed E-state index contributed by atoms with van der Waals surface area (Å²) < 4.78 is 0.980. The second-order valence-corrected chi connectivity index (χ2v) is 6.62. The summed E-state index contributed by atoms with van der Waals surface area (Å²) >= 11 is 6.95. The van der Waals surface area contributed by atoms with E-state index in [2.05, 4.69) is 31.9 Å². The molecule has 0 aliphatic rings. The van der Waals surface area contributed by atoms with Crippen molar-refractivity contribution in [2.75, 3.05) is 5.33 Å². The third-order valence-corrected chi connectivity index (χ3v) is 4.67. The van der Waals surface area contributed by atoms with Crippen molar-refractivity contribution < 1.29 is 19.8 Å². The van der Waals surface area contributed by atoms with Crippen LogP contribution in [0.15, 0.2) is 40.9 Å². The fourth-order valence-electron chi connectivity index (χ4n) is 2.41. The lowest BCUT2D eigenvalue weighted by atomic mass is 9.94. The summed E-state index contributed by atoms with van der Waals surface area (Å²) in [6, 6.07) is 10.0. The van der Waals surface area contributed by atoms with E-state index in [-0.39, 0.29) is 11.1 Å². The summed E-state index contributed by atoms with van der Waals surface area (Å²) in [4.78, 5) is 22.5. The predicted octanol–water partition coefficient (Wildman–Crippen LogP) is 4.37. The highest BCUT2D eigenvalue weighted by molar-refractivity contribution is 9.10. The second-order valence-electron chi connectivity index (χ2n) is 4.98. The van der Waals surface area contributed by atoms with E-state index in [4.69, 9.17) is 5.11 Å². The van der Waals surface area contributed by atoms with Gasteiger partial charge in [0.1, 0.15) is 0 Å². The first-order chi connectivity index (χ1) is 10.9. The van der Waals surface area contributed by atoms with Crippen molar-refractivity contribution in [3.05, 3.63) is 68.7 Å². The number of carboxylic acids is 2. The van der Waals surface area contributed by atoms with Crippen LogP contribution < -0.4 is 0 Å². The van der Waals surface area contributed by atoms with Gasteiger partial charge in [0.05, 0.1) is 11.1 Å². The van der Waals surface area contributed by atoms with Crippen molar-refractivity contribution in [2.24, 2.45) is 0 Å². The maximum atomic E-state index is 11.5. The molecule has 120 valence electrons. The fourth-order valence-corrected chi connectivity index (χ4v) is 3.41. The Morgan fingerprint density at radius 3 is 2.35 bits per heavy atom.